The highest BCUT2D eigenvalue weighted by atomic mass is 35.5. The molecular formula is C16H17Cl2NO. The van der Waals surface area contributed by atoms with E-state index in [-0.39, 0.29) is 0 Å². The molecule has 0 bridgehead atoms. The number of rotatable bonds is 5. The highest BCUT2D eigenvalue weighted by Crippen LogP contribution is 2.33. The first-order valence-corrected chi connectivity index (χ1v) is 7.24. The summed E-state index contributed by atoms with van der Waals surface area (Å²) in [5, 5.41) is 4.40. The van der Waals surface area contributed by atoms with E-state index in [1.807, 2.05) is 12.1 Å². The van der Waals surface area contributed by atoms with Gasteiger partial charge in [0.1, 0.15) is 0 Å². The highest BCUT2D eigenvalue weighted by Gasteiger charge is 2.08. The van der Waals surface area contributed by atoms with Crippen molar-refractivity contribution in [3.05, 3.63) is 57.6 Å². The van der Waals surface area contributed by atoms with Gasteiger partial charge in [0.25, 0.3) is 0 Å². The first kappa shape index (κ1) is 15.0. The molecular weight excluding hydrogens is 293 g/mol. The van der Waals surface area contributed by atoms with Crippen molar-refractivity contribution >= 4 is 28.9 Å². The second-order valence-corrected chi connectivity index (χ2v) is 5.31. The number of aryl methyl sites for hydroxylation is 1. The lowest BCUT2D eigenvalue weighted by molar-refractivity contribution is 0.415. The molecule has 1 N–H and O–H groups in total. The fourth-order valence-corrected chi connectivity index (χ4v) is 2.66. The third kappa shape index (κ3) is 3.59. The number of benzene rings is 2. The maximum atomic E-state index is 6.12. The summed E-state index contributed by atoms with van der Waals surface area (Å²) in [6.45, 7) is 2.80. The number of hydrogen-bond acceptors (Lipinski definition) is 2. The molecule has 0 spiro atoms. The van der Waals surface area contributed by atoms with Gasteiger partial charge in [-0.3, -0.25) is 0 Å². The number of ether oxygens (including phenoxy) is 1. The van der Waals surface area contributed by atoms with Crippen LogP contribution >= 0.6 is 23.2 Å². The molecule has 0 radical (unpaired) electrons. The van der Waals surface area contributed by atoms with Crippen molar-refractivity contribution in [2.45, 2.75) is 19.9 Å². The molecule has 0 unspecified atom stereocenters. The van der Waals surface area contributed by atoms with Crippen LogP contribution in [-0.2, 0) is 13.0 Å². The van der Waals surface area contributed by atoms with E-state index < -0.39 is 0 Å². The van der Waals surface area contributed by atoms with Crippen molar-refractivity contribution in [2.75, 3.05) is 12.4 Å². The molecule has 20 heavy (non-hydrogen) atoms. The van der Waals surface area contributed by atoms with E-state index >= 15 is 0 Å². The van der Waals surface area contributed by atoms with Crippen LogP contribution in [0.15, 0.2) is 36.4 Å². The molecule has 0 aliphatic rings. The molecule has 0 aliphatic carbocycles. The van der Waals surface area contributed by atoms with Gasteiger partial charge in [-0.2, -0.15) is 0 Å². The molecule has 0 aliphatic heterocycles. The van der Waals surface area contributed by atoms with E-state index in [9.17, 15) is 0 Å². The minimum atomic E-state index is 0.518. The van der Waals surface area contributed by atoms with E-state index in [1.165, 1.54) is 5.56 Å². The molecule has 2 aromatic carbocycles. The normalized spacial score (nSPS) is 10.4. The molecule has 2 nitrogen and oxygen atoms in total. The Bertz CT molecular complexity index is 559. The molecule has 4 heteroatoms. The van der Waals surface area contributed by atoms with Crippen LogP contribution in [0.5, 0.6) is 5.75 Å². The Morgan fingerprint density at radius 2 is 1.60 bits per heavy atom. The Kier molecular flexibility index (Phi) is 5.16. The van der Waals surface area contributed by atoms with E-state index in [1.54, 1.807) is 7.11 Å². The SMILES string of the molecule is CCc1ccc(NCc2cc(Cl)c(OC)c(Cl)c2)cc1. The Hall–Kier alpha value is -1.38. The lowest BCUT2D eigenvalue weighted by Gasteiger charge is -2.11. The van der Waals surface area contributed by atoms with Gasteiger partial charge in [0, 0.05) is 12.2 Å². The smallest absolute Gasteiger partial charge is 0.156 e. The first-order valence-electron chi connectivity index (χ1n) is 6.48. The van der Waals surface area contributed by atoms with Gasteiger partial charge < -0.3 is 10.1 Å². The number of hydrogen-bond donors (Lipinski definition) is 1. The monoisotopic (exact) mass is 309 g/mol. The van der Waals surface area contributed by atoms with Crippen molar-refractivity contribution < 1.29 is 4.74 Å². The standard InChI is InChI=1S/C16H17Cl2NO/c1-3-11-4-6-13(7-5-11)19-10-12-8-14(17)16(20-2)15(18)9-12/h4-9,19H,3,10H2,1-2H3. The second-order valence-electron chi connectivity index (χ2n) is 4.50. The van der Waals surface area contributed by atoms with Crippen molar-refractivity contribution in [1.29, 1.82) is 0 Å². The van der Waals surface area contributed by atoms with E-state index in [0.29, 0.717) is 22.3 Å². The summed E-state index contributed by atoms with van der Waals surface area (Å²) < 4.78 is 5.13. The molecule has 2 aromatic rings. The molecule has 0 saturated carbocycles. The second kappa shape index (κ2) is 6.87. The summed E-state index contributed by atoms with van der Waals surface area (Å²) in [4.78, 5) is 0. The van der Waals surface area contributed by atoms with Crippen molar-refractivity contribution in [1.82, 2.24) is 0 Å². The van der Waals surface area contributed by atoms with Crippen molar-refractivity contribution in [2.24, 2.45) is 0 Å². The summed E-state index contributed by atoms with van der Waals surface area (Å²) in [5.74, 6) is 0.518. The molecule has 106 valence electrons. The molecule has 0 aromatic heterocycles. The highest BCUT2D eigenvalue weighted by molar-refractivity contribution is 6.37. The topological polar surface area (TPSA) is 21.3 Å². The molecule has 2 rings (SSSR count). The molecule has 0 heterocycles. The van der Waals surface area contributed by atoms with Gasteiger partial charge in [0.05, 0.1) is 17.2 Å². The summed E-state index contributed by atoms with van der Waals surface area (Å²) >= 11 is 12.2. The van der Waals surface area contributed by atoms with E-state index in [0.717, 1.165) is 17.7 Å². The van der Waals surface area contributed by atoms with Crippen LogP contribution in [0, 0.1) is 0 Å². The fraction of sp³-hybridized carbons (Fsp3) is 0.250. The van der Waals surface area contributed by atoms with Gasteiger partial charge in [-0.15, -0.1) is 0 Å². The quantitative estimate of drug-likeness (QED) is 0.822. The average Bonchev–Trinajstić information content (AvgIpc) is 2.45. The number of halogens is 2. The van der Waals surface area contributed by atoms with E-state index in [4.69, 9.17) is 27.9 Å². The molecule has 0 fully saturated rings. The Morgan fingerprint density at radius 3 is 2.10 bits per heavy atom. The lowest BCUT2D eigenvalue weighted by Crippen LogP contribution is -2.00. The largest absolute Gasteiger partial charge is 0.494 e. The van der Waals surface area contributed by atoms with Crippen LogP contribution in [0.25, 0.3) is 0 Å². The Morgan fingerprint density at radius 1 is 1.00 bits per heavy atom. The van der Waals surface area contributed by atoms with Crippen LogP contribution in [0.1, 0.15) is 18.1 Å². The molecule has 0 amide bonds. The van der Waals surface area contributed by atoms with Crippen LogP contribution in [0.4, 0.5) is 5.69 Å². The summed E-state index contributed by atoms with van der Waals surface area (Å²) in [6.07, 6.45) is 1.05. The first-order chi connectivity index (χ1) is 9.63. The molecule has 0 atom stereocenters. The minimum Gasteiger partial charge on any atom is -0.494 e. The zero-order chi connectivity index (χ0) is 14.5. The van der Waals surface area contributed by atoms with Crippen molar-refractivity contribution in [3.8, 4) is 5.75 Å². The van der Waals surface area contributed by atoms with Crippen LogP contribution < -0.4 is 10.1 Å². The summed E-state index contributed by atoms with van der Waals surface area (Å²) in [7, 11) is 1.56. The predicted molar refractivity (Wildman–Crippen MR) is 86.2 cm³/mol. The van der Waals surface area contributed by atoms with Crippen molar-refractivity contribution in [3.63, 3.8) is 0 Å². The summed E-state index contributed by atoms with van der Waals surface area (Å²) in [6, 6.07) is 12.1. The number of methoxy groups -OCH3 is 1. The van der Waals surface area contributed by atoms with Gasteiger partial charge >= 0.3 is 0 Å². The van der Waals surface area contributed by atoms with Gasteiger partial charge in [-0.05, 0) is 41.8 Å². The third-order valence-electron chi connectivity index (χ3n) is 3.12. The third-order valence-corrected chi connectivity index (χ3v) is 3.68. The Labute approximate surface area is 129 Å². The number of nitrogens with one attached hydrogen (secondary N) is 1. The minimum absolute atomic E-state index is 0.518. The molecule has 0 saturated heterocycles. The van der Waals surface area contributed by atoms with Gasteiger partial charge in [-0.1, -0.05) is 42.3 Å². The average molecular weight is 310 g/mol. The van der Waals surface area contributed by atoms with Crippen LogP contribution in [-0.4, -0.2) is 7.11 Å². The zero-order valence-corrected chi connectivity index (χ0v) is 13.1. The Balaban J connectivity index is 2.06. The van der Waals surface area contributed by atoms with Crippen LogP contribution in [0.2, 0.25) is 10.0 Å². The van der Waals surface area contributed by atoms with Crippen LogP contribution in [0.3, 0.4) is 0 Å². The lowest BCUT2D eigenvalue weighted by atomic mass is 10.1. The number of anilines is 1. The van der Waals surface area contributed by atoms with E-state index in [2.05, 4.69) is 36.5 Å². The summed E-state index contributed by atoms with van der Waals surface area (Å²) in [5.41, 5.74) is 3.41. The van der Waals surface area contributed by atoms with Gasteiger partial charge in [0.2, 0.25) is 0 Å². The van der Waals surface area contributed by atoms with Gasteiger partial charge in [-0.25, -0.2) is 0 Å². The maximum absolute atomic E-state index is 6.12. The maximum Gasteiger partial charge on any atom is 0.156 e. The zero-order valence-electron chi connectivity index (χ0n) is 11.5. The fourth-order valence-electron chi connectivity index (χ4n) is 1.97. The van der Waals surface area contributed by atoms with Gasteiger partial charge in [0.15, 0.2) is 5.75 Å². The predicted octanol–water partition coefficient (Wildman–Crippen LogP) is 5.18.